The molecule has 90 valence electrons. The van der Waals surface area contributed by atoms with Gasteiger partial charge in [-0.25, -0.2) is 0 Å². The molecule has 1 unspecified atom stereocenters. The first-order valence-corrected chi connectivity index (χ1v) is 6.88. The molecule has 0 saturated carbocycles. The summed E-state index contributed by atoms with van der Waals surface area (Å²) in [7, 11) is 0. The van der Waals surface area contributed by atoms with Crippen molar-refractivity contribution in [2.45, 2.75) is 19.9 Å². The van der Waals surface area contributed by atoms with Crippen LogP contribution in [0.2, 0.25) is 5.02 Å². The highest BCUT2D eigenvalue weighted by atomic mass is 35.5. The van der Waals surface area contributed by atoms with E-state index < -0.39 is 0 Å². The molecule has 1 heterocycles. The minimum atomic E-state index is 0.118. The summed E-state index contributed by atoms with van der Waals surface area (Å²) < 4.78 is 0. The van der Waals surface area contributed by atoms with Crippen molar-refractivity contribution >= 4 is 22.9 Å². The highest BCUT2D eigenvalue weighted by Gasteiger charge is 2.13. The summed E-state index contributed by atoms with van der Waals surface area (Å²) in [6.07, 6.45) is 0. The van der Waals surface area contributed by atoms with Crippen molar-refractivity contribution in [3.63, 3.8) is 0 Å². The first-order valence-electron chi connectivity index (χ1n) is 5.69. The van der Waals surface area contributed by atoms with Gasteiger partial charge in [-0.05, 0) is 35.7 Å². The van der Waals surface area contributed by atoms with E-state index in [-0.39, 0.29) is 6.04 Å². The molecule has 1 nitrogen and oxygen atoms in total. The quantitative estimate of drug-likeness (QED) is 0.853. The molecule has 0 spiro atoms. The third kappa shape index (κ3) is 2.89. The Morgan fingerprint density at radius 1 is 1.18 bits per heavy atom. The zero-order chi connectivity index (χ0) is 12.4. The molecule has 0 aliphatic rings. The molecule has 0 aliphatic heterocycles. The monoisotopic (exact) mass is 265 g/mol. The summed E-state index contributed by atoms with van der Waals surface area (Å²) in [6.45, 7) is 4.28. The van der Waals surface area contributed by atoms with Crippen LogP contribution in [0.5, 0.6) is 0 Å². The number of halogens is 1. The van der Waals surface area contributed by atoms with E-state index in [2.05, 4.69) is 32.0 Å². The number of hydrogen-bond acceptors (Lipinski definition) is 2. The summed E-state index contributed by atoms with van der Waals surface area (Å²) in [5.41, 5.74) is 7.30. The van der Waals surface area contributed by atoms with Gasteiger partial charge in [-0.1, -0.05) is 37.6 Å². The second-order valence-electron chi connectivity index (χ2n) is 4.48. The molecule has 1 aromatic carbocycles. The molecule has 0 radical (unpaired) electrons. The molecule has 17 heavy (non-hydrogen) atoms. The van der Waals surface area contributed by atoms with Crippen LogP contribution in [0.4, 0.5) is 0 Å². The molecular weight excluding hydrogens is 250 g/mol. The Bertz CT molecular complexity index is 504. The number of hydrogen-bond donors (Lipinski definition) is 1. The van der Waals surface area contributed by atoms with Crippen LogP contribution in [-0.2, 0) is 0 Å². The van der Waals surface area contributed by atoms with Gasteiger partial charge in [-0.15, -0.1) is 11.3 Å². The molecule has 2 N–H and O–H groups in total. The van der Waals surface area contributed by atoms with Crippen molar-refractivity contribution < 1.29 is 0 Å². The lowest BCUT2D eigenvalue weighted by Gasteiger charge is -2.12. The molecule has 1 aromatic heterocycles. The minimum Gasteiger partial charge on any atom is -0.323 e. The molecule has 1 atom stereocenters. The Kier molecular flexibility index (Phi) is 3.87. The van der Waals surface area contributed by atoms with E-state index in [4.69, 9.17) is 17.3 Å². The first-order chi connectivity index (χ1) is 8.08. The fourth-order valence-electron chi connectivity index (χ4n) is 1.66. The maximum atomic E-state index is 6.14. The Balaban J connectivity index is 2.30. The van der Waals surface area contributed by atoms with Gasteiger partial charge < -0.3 is 5.73 Å². The molecule has 2 aromatic rings. The summed E-state index contributed by atoms with van der Waals surface area (Å²) in [6, 6.07) is 12.3. The molecule has 0 aliphatic carbocycles. The van der Waals surface area contributed by atoms with E-state index in [1.165, 1.54) is 9.75 Å². The van der Waals surface area contributed by atoms with Gasteiger partial charge in [0.15, 0.2) is 0 Å². The third-order valence-electron chi connectivity index (χ3n) is 2.78. The molecular formula is C14H16ClNS. The number of nitrogens with two attached hydrogens (primary N) is 1. The maximum Gasteiger partial charge on any atom is 0.0413 e. The first kappa shape index (κ1) is 12.6. The fraction of sp³-hybridized carbons (Fsp3) is 0.286. The number of thiophene rings is 1. The van der Waals surface area contributed by atoms with Gasteiger partial charge in [0, 0.05) is 20.8 Å². The predicted molar refractivity (Wildman–Crippen MR) is 76.5 cm³/mol. The molecule has 0 fully saturated rings. The fourth-order valence-corrected chi connectivity index (χ4v) is 3.03. The number of rotatable bonds is 3. The van der Waals surface area contributed by atoms with E-state index in [1.807, 2.05) is 18.2 Å². The van der Waals surface area contributed by atoms with Crippen molar-refractivity contribution in [2.75, 3.05) is 0 Å². The second kappa shape index (κ2) is 5.21. The second-order valence-corrected chi connectivity index (χ2v) is 6.03. The molecule has 0 amide bonds. The average molecular weight is 266 g/mol. The van der Waals surface area contributed by atoms with E-state index in [1.54, 1.807) is 11.3 Å². The lowest BCUT2D eigenvalue weighted by molar-refractivity contribution is 0.521. The predicted octanol–water partition coefficient (Wildman–Crippen LogP) is 4.72. The van der Waals surface area contributed by atoms with Crippen LogP contribution in [0.3, 0.4) is 0 Å². The Morgan fingerprint density at radius 2 is 1.94 bits per heavy atom. The highest BCUT2D eigenvalue weighted by Crippen LogP contribution is 2.33. The standard InChI is InChI=1S/C14H16ClNS/c1-9(2)14(16)13-7-6-12(17-13)10-4-3-5-11(15)8-10/h3-9,14H,16H2,1-2H3. The summed E-state index contributed by atoms with van der Waals surface area (Å²) in [4.78, 5) is 2.45. The lowest BCUT2D eigenvalue weighted by Crippen LogP contribution is -2.14. The normalized spacial score (nSPS) is 13.0. The van der Waals surface area contributed by atoms with Crippen LogP contribution in [0.1, 0.15) is 24.8 Å². The van der Waals surface area contributed by atoms with Crippen LogP contribution in [0.15, 0.2) is 36.4 Å². The maximum absolute atomic E-state index is 6.14. The van der Waals surface area contributed by atoms with Crippen LogP contribution < -0.4 is 5.73 Å². The van der Waals surface area contributed by atoms with Crippen molar-refractivity contribution in [3.05, 3.63) is 46.3 Å². The van der Waals surface area contributed by atoms with Crippen LogP contribution in [0, 0.1) is 5.92 Å². The largest absolute Gasteiger partial charge is 0.323 e. The van der Waals surface area contributed by atoms with Crippen molar-refractivity contribution in [1.29, 1.82) is 0 Å². The topological polar surface area (TPSA) is 26.0 Å². The van der Waals surface area contributed by atoms with Gasteiger partial charge in [0.05, 0.1) is 0 Å². The van der Waals surface area contributed by atoms with Gasteiger partial charge in [0.1, 0.15) is 0 Å². The van der Waals surface area contributed by atoms with Crippen molar-refractivity contribution in [3.8, 4) is 10.4 Å². The molecule has 2 rings (SSSR count). The molecule has 0 saturated heterocycles. The van der Waals surface area contributed by atoms with Gasteiger partial charge in [-0.3, -0.25) is 0 Å². The van der Waals surface area contributed by atoms with Crippen LogP contribution in [-0.4, -0.2) is 0 Å². The average Bonchev–Trinajstić information content (AvgIpc) is 2.77. The van der Waals surface area contributed by atoms with Crippen molar-refractivity contribution in [1.82, 2.24) is 0 Å². The zero-order valence-corrected chi connectivity index (χ0v) is 11.6. The number of benzene rings is 1. The minimum absolute atomic E-state index is 0.118. The smallest absolute Gasteiger partial charge is 0.0413 e. The zero-order valence-electron chi connectivity index (χ0n) is 9.98. The molecule has 0 bridgehead atoms. The Morgan fingerprint density at radius 3 is 2.59 bits per heavy atom. The third-order valence-corrected chi connectivity index (χ3v) is 4.25. The van der Waals surface area contributed by atoms with Gasteiger partial charge in [-0.2, -0.15) is 0 Å². The van der Waals surface area contributed by atoms with E-state index in [0.717, 1.165) is 10.6 Å². The van der Waals surface area contributed by atoms with Gasteiger partial charge in [0.25, 0.3) is 0 Å². The van der Waals surface area contributed by atoms with Crippen LogP contribution in [0.25, 0.3) is 10.4 Å². The summed E-state index contributed by atoms with van der Waals surface area (Å²) in [5, 5.41) is 0.769. The van der Waals surface area contributed by atoms with Gasteiger partial charge in [0.2, 0.25) is 0 Å². The highest BCUT2D eigenvalue weighted by molar-refractivity contribution is 7.15. The summed E-state index contributed by atoms with van der Waals surface area (Å²) in [5.74, 6) is 0.459. The van der Waals surface area contributed by atoms with Crippen LogP contribution >= 0.6 is 22.9 Å². The van der Waals surface area contributed by atoms with E-state index >= 15 is 0 Å². The van der Waals surface area contributed by atoms with Gasteiger partial charge >= 0.3 is 0 Å². The van der Waals surface area contributed by atoms with Crippen molar-refractivity contribution in [2.24, 2.45) is 11.7 Å². The molecule has 3 heteroatoms. The Labute approximate surface area is 111 Å². The lowest BCUT2D eigenvalue weighted by atomic mass is 10.0. The van der Waals surface area contributed by atoms with E-state index in [9.17, 15) is 0 Å². The van der Waals surface area contributed by atoms with E-state index in [0.29, 0.717) is 5.92 Å². The SMILES string of the molecule is CC(C)C(N)c1ccc(-c2cccc(Cl)c2)s1. The summed E-state index contributed by atoms with van der Waals surface area (Å²) >= 11 is 7.74. The Hall–Kier alpha value is -0.830.